The van der Waals surface area contributed by atoms with Crippen LogP contribution in [0.25, 0.3) is 11.6 Å². The van der Waals surface area contributed by atoms with Gasteiger partial charge >= 0.3 is 10.2 Å². The lowest BCUT2D eigenvalue weighted by atomic mass is 10.0. The zero-order valence-corrected chi connectivity index (χ0v) is 17.0. The van der Waals surface area contributed by atoms with Crippen molar-refractivity contribution < 1.29 is 24.2 Å². The van der Waals surface area contributed by atoms with E-state index in [2.05, 4.69) is 25.3 Å². The van der Waals surface area contributed by atoms with Gasteiger partial charge in [-0.15, -0.1) is 0 Å². The van der Waals surface area contributed by atoms with Crippen LogP contribution in [0.1, 0.15) is 34.9 Å². The monoisotopic (exact) mass is 473 g/mol. The van der Waals surface area contributed by atoms with Crippen LogP contribution < -0.4 is 10.9 Å². The van der Waals surface area contributed by atoms with E-state index in [1.807, 2.05) is 0 Å². The number of carbonyl (C=O) groups excluding carboxylic acids is 1. The fourth-order valence-corrected chi connectivity index (χ4v) is 3.80. The Hall–Kier alpha value is -3.35. The molecule has 0 spiro atoms. The van der Waals surface area contributed by atoms with Crippen LogP contribution in [0.15, 0.2) is 58.5 Å². The van der Waals surface area contributed by atoms with Crippen LogP contribution in [0, 0.1) is 5.92 Å². The number of aromatic amines is 1. The SMILES string of the molecule is O=C(NC(c1ccc(S(F)(F)(F)(F)F)cc1)C1CC1)c1cc(=O)[nH]c(-c2ncccn2)n1. The Kier molecular flexibility index (Phi) is 4.66. The number of benzene rings is 1. The van der Waals surface area contributed by atoms with E-state index in [0.717, 1.165) is 18.2 Å². The van der Waals surface area contributed by atoms with E-state index >= 15 is 0 Å². The average molecular weight is 473 g/mol. The van der Waals surface area contributed by atoms with Crippen molar-refractivity contribution in [3.63, 3.8) is 0 Å². The molecule has 1 unspecified atom stereocenters. The Labute approximate surface area is 177 Å². The van der Waals surface area contributed by atoms with E-state index in [9.17, 15) is 29.0 Å². The summed E-state index contributed by atoms with van der Waals surface area (Å²) in [4.78, 5) is 37.1. The Balaban J connectivity index is 1.61. The van der Waals surface area contributed by atoms with Crippen LogP contribution in [0.4, 0.5) is 19.4 Å². The number of nitrogens with zero attached hydrogens (tertiary/aromatic N) is 3. The molecule has 0 saturated heterocycles. The first-order valence-corrected chi connectivity index (χ1v) is 11.3. The predicted molar refractivity (Wildman–Crippen MR) is 107 cm³/mol. The highest BCUT2D eigenvalue weighted by atomic mass is 32.5. The van der Waals surface area contributed by atoms with Crippen molar-refractivity contribution in [2.45, 2.75) is 23.8 Å². The highest BCUT2D eigenvalue weighted by molar-refractivity contribution is 8.45. The quantitative estimate of drug-likeness (QED) is 0.503. The van der Waals surface area contributed by atoms with Gasteiger partial charge in [-0.1, -0.05) is 31.6 Å². The van der Waals surface area contributed by atoms with Gasteiger partial charge in [-0.3, -0.25) is 9.59 Å². The van der Waals surface area contributed by atoms with Gasteiger partial charge in [-0.2, -0.15) is 0 Å². The molecule has 0 radical (unpaired) electrons. The van der Waals surface area contributed by atoms with E-state index in [1.54, 1.807) is 6.07 Å². The molecule has 2 aromatic heterocycles. The fraction of sp³-hybridized carbons (Fsp3) is 0.211. The summed E-state index contributed by atoms with van der Waals surface area (Å²) in [7, 11) is -9.79. The minimum atomic E-state index is -9.79. The number of aromatic nitrogens is 4. The molecule has 32 heavy (non-hydrogen) atoms. The molecule has 1 saturated carbocycles. The lowest BCUT2D eigenvalue weighted by molar-refractivity contribution is 0.0926. The maximum absolute atomic E-state index is 13.0. The molecule has 0 aliphatic heterocycles. The van der Waals surface area contributed by atoms with Crippen LogP contribution in [0.5, 0.6) is 0 Å². The Bertz CT molecular complexity index is 1230. The molecule has 2 heterocycles. The van der Waals surface area contributed by atoms with Crippen molar-refractivity contribution in [1.82, 2.24) is 25.3 Å². The Morgan fingerprint density at radius 2 is 1.69 bits per heavy atom. The van der Waals surface area contributed by atoms with Gasteiger partial charge in [-0.05, 0) is 42.5 Å². The molecule has 7 nitrogen and oxygen atoms in total. The molecule has 170 valence electrons. The normalized spacial score (nSPS) is 17.2. The topological polar surface area (TPSA) is 101 Å². The zero-order valence-electron chi connectivity index (χ0n) is 16.1. The number of H-pyrrole nitrogens is 1. The maximum atomic E-state index is 13.0. The van der Waals surface area contributed by atoms with Gasteiger partial charge in [0.05, 0.1) is 6.04 Å². The number of nitrogens with one attached hydrogen (secondary N) is 2. The molecule has 1 aromatic carbocycles. The first kappa shape index (κ1) is 21.9. The van der Waals surface area contributed by atoms with Crippen molar-refractivity contribution in [2.75, 3.05) is 0 Å². The standard InChI is InChI=1S/C19H16F5N5O2S/c20-32(21,22,23,24)13-6-4-12(5-7-13)16(11-2-3-11)29-19(31)14-10-15(30)28-18(27-14)17-25-8-1-9-26-17/h1,4-11,16H,2-3H2,(H,29,31)(H,27,28,30). The minimum absolute atomic E-state index is 0.0357. The van der Waals surface area contributed by atoms with Crippen molar-refractivity contribution in [3.05, 3.63) is 70.4 Å². The second-order valence-electron chi connectivity index (χ2n) is 7.38. The van der Waals surface area contributed by atoms with Crippen molar-refractivity contribution in [1.29, 1.82) is 0 Å². The number of hydrogen-bond donors (Lipinski definition) is 2. The average Bonchev–Trinajstić information content (AvgIpc) is 3.56. The molecule has 1 atom stereocenters. The van der Waals surface area contributed by atoms with Crippen LogP contribution in [-0.4, -0.2) is 25.8 Å². The third-order valence-electron chi connectivity index (χ3n) is 4.82. The Morgan fingerprint density at radius 1 is 1.06 bits per heavy atom. The number of hydrogen-bond acceptors (Lipinski definition) is 5. The largest absolute Gasteiger partial charge is 0.344 e. The van der Waals surface area contributed by atoms with Gasteiger partial charge < -0.3 is 10.3 Å². The minimum Gasteiger partial charge on any atom is -0.344 e. The summed E-state index contributed by atoms with van der Waals surface area (Å²) in [6.45, 7) is 0. The van der Waals surface area contributed by atoms with Gasteiger partial charge in [0.25, 0.3) is 11.5 Å². The summed E-state index contributed by atoms with van der Waals surface area (Å²) < 4.78 is 64.9. The lowest BCUT2D eigenvalue weighted by Crippen LogP contribution is -2.31. The van der Waals surface area contributed by atoms with Gasteiger partial charge in [0.15, 0.2) is 11.6 Å². The Morgan fingerprint density at radius 3 is 2.25 bits per heavy atom. The second-order valence-corrected chi connectivity index (χ2v) is 9.79. The van der Waals surface area contributed by atoms with Crippen molar-refractivity contribution >= 4 is 16.1 Å². The third kappa shape index (κ3) is 4.93. The molecule has 3 aromatic rings. The molecular formula is C19H16F5N5O2S. The number of halogens is 5. The predicted octanol–water partition coefficient (Wildman–Crippen LogP) is 4.77. The van der Waals surface area contributed by atoms with Gasteiger partial charge in [0.2, 0.25) is 0 Å². The molecule has 1 aliphatic carbocycles. The molecule has 4 rings (SSSR count). The van der Waals surface area contributed by atoms with Crippen LogP contribution in [0.3, 0.4) is 0 Å². The summed E-state index contributed by atoms with van der Waals surface area (Å²) in [6.07, 6.45) is 4.24. The van der Waals surface area contributed by atoms with E-state index < -0.39 is 32.6 Å². The molecule has 1 amide bonds. The van der Waals surface area contributed by atoms with E-state index in [1.165, 1.54) is 12.4 Å². The molecule has 1 fully saturated rings. The highest BCUT2D eigenvalue weighted by Gasteiger charge is 2.65. The van der Waals surface area contributed by atoms with E-state index in [4.69, 9.17) is 0 Å². The third-order valence-corrected chi connectivity index (χ3v) is 5.98. The lowest BCUT2D eigenvalue weighted by Gasteiger charge is -2.40. The molecule has 1 aliphatic rings. The summed E-state index contributed by atoms with van der Waals surface area (Å²) >= 11 is 0. The molecule has 2 N–H and O–H groups in total. The fourth-order valence-electron chi connectivity index (χ4n) is 3.15. The number of amides is 1. The first-order chi connectivity index (χ1) is 14.8. The molecule has 13 heteroatoms. The summed E-state index contributed by atoms with van der Waals surface area (Å²) in [5.74, 6) is -0.776. The second kappa shape index (κ2) is 6.82. The van der Waals surface area contributed by atoms with Crippen molar-refractivity contribution in [3.8, 4) is 11.6 Å². The maximum Gasteiger partial charge on any atom is 0.310 e. The number of carbonyl (C=O) groups is 1. The van der Waals surface area contributed by atoms with Crippen molar-refractivity contribution in [2.24, 2.45) is 5.92 Å². The zero-order chi connectivity index (χ0) is 23.2. The van der Waals surface area contributed by atoms with E-state index in [-0.39, 0.29) is 28.8 Å². The number of rotatable bonds is 6. The van der Waals surface area contributed by atoms with Gasteiger partial charge in [0, 0.05) is 18.5 Å². The van der Waals surface area contributed by atoms with Crippen LogP contribution >= 0.6 is 10.2 Å². The van der Waals surface area contributed by atoms with Gasteiger partial charge in [-0.25, -0.2) is 15.0 Å². The summed E-state index contributed by atoms with van der Waals surface area (Å²) in [5.41, 5.74) is -0.635. The first-order valence-electron chi connectivity index (χ1n) is 9.34. The summed E-state index contributed by atoms with van der Waals surface area (Å²) in [5, 5.41) is 2.64. The summed E-state index contributed by atoms with van der Waals surface area (Å²) in [6, 6.07) is 4.26. The smallest absolute Gasteiger partial charge is 0.310 e. The van der Waals surface area contributed by atoms with Gasteiger partial charge in [0.1, 0.15) is 10.6 Å². The molecular weight excluding hydrogens is 457 g/mol. The highest BCUT2D eigenvalue weighted by Crippen LogP contribution is 3.02. The van der Waals surface area contributed by atoms with Crippen LogP contribution in [0.2, 0.25) is 0 Å². The van der Waals surface area contributed by atoms with E-state index in [0.29, 0.717) is 25.0 Å². The van der Waals surface area contributed by atoms with Crippen LogP contribution in [-0.2, 0) is 0 Å². The molecule has 0 bridgehead atoms.